The Morgan fingerprint density at radius 3 is 2.89 bits per heavy atom. The van der Waals surface area contributed by atoms with Crippen molar-refractivity contribution in [3.8, 4) is 0 Å². The summed E-state index contributed by atoms with van der Waals surface area (Å²) in [6, 6.07) is 10.3. The molecule has 0 saturated carbocycles. The van der Waals surface area contributed by atoms with E-state index < -0.39 is 0 Å². The SMILES string of the molecule is Nc1cnc(NCCc2cccc3cccnc23)s1. The number of nitrogens with two attached hydrogens (primary N) is 1. The molecule has 96 valence electrons. The number of aromatic nitrogens is 2. The van der Waals surface area contributed by atoms with Crippen LogP contribution in [-0.2, 0) is 6.42 Å². The summed E-state index contributed by atoms with van der Waals surface area (Å²) < 4.78 is 0. The van der Waals surface area contributed by atoms with Gasteiger partial charge in [-0.1, -0.05) is 35.6 Å². The van der Waals surface area contributed by atoms with Crippen molar-refractivity contribution in [2.45, 2.75) is 6.42 Å². The number of pyridine rings is 1. The van der Waals surface area contributed by atoms with Gasteiger partial charge in [-0.15, -0.1) is 0 Å². The Morgan fingerprint density at radius 2 is 2.05 bits per heavy atom. The van der Waals surface area contributed by atoms with Gasteiger partial charge in [-0.2, -0.15) is 0 Å². The Bertz CT molecular complexity index is 687. The summed E-state index contributed by atoms with van der Waals surface area (Å²) in [7, 11) is 0. The Hall–Kier alpha value is -2.14. The summed E-state index contributed by atoms with van der Waals surface area (Å²) in [5.74, 6) is 0. The van der Waals surface area contributed by atoms with Gasteiger partial charge in [0.15, 0.2) is 5.13 Å². The second-order valence-electron chi connectivity index (χ2n) is 4.24. The molecule has 2 heterocycles. The smallest absolute Gasteiger partial charge is 0.184 e. The number of para-hydroxylation sites is 1. The fraction of sp³-hybridized carbons (Fsp3) is 0.143. The average molecular weight is 270 g/mol. The van der Waals surface area contributed by atoms with Crippen LogP contribution in [0.4, 0.5) is 10.1 Å². The third-order valence-corrected chi connectivity index (χ3v) is 3.69. The zero-order valence-corrected chi connectivity index (χ0v) is 11.2. The third kappa shape index (κ3) is 2.66. The van der Waals surface area contributed by atoms with Crippen molar-refractivity contribution < 1.29 is 0 Å². The molecule has 3 N–H and O–H groups in total. The molecule has 0 aliphatic carbocycles. The molecule has 0 saturated heterocycles. The second kappa shape index (κ2) is 5.24. The topological polar surface area (TPSA) is 63.8 Å². The first kappa shape index (κ1) is 11.9. The lowest BCUT2D eigenvalue weighted by molar-refractivity contribution is 1.02. The van der Waals surface area contributed by atoms with Gasteiger partial charge in [-0.25, -0.2) is 4.98 Å². The van der Waals surface area contributed by atoms with Crippen molar-refractivity contribution in [1.29, 1.82) is 0 Å². The number of nitrogens with zero attached hydrogens (tertiary/aromatic N) is 2. The van der Waals surface area contributed by atoms with Crippen LogP contribution in [0.3, 0.4) is 0 Å². The van der Waals surface area contributed by atoms with E-state index in [0.717, 1.165) is 28.6 Å². The molecule has 0 fully saturated rings. The van der Waals surface area contributed by atoms with E-state index in [1.165, 1.54) is 22.3 Å². The highest BCUT2D eigenvalue weighted by Crippen LogP contribution is 2.20. The predicted octanol–water partition coefficient (Wildman–Crippen LogP) is 2.93. The molecule has 0 aliphatic heterocycles. The minimum Gasteiger partial charge on any atom is -0.389 e. The fourth-order valence-corrected chi connectivity index (χ4v) is 2.65. The molecule has 0 unspecified atom stereocenters. The summed E-state index contributed by atoms with van der Waals surface area (Å²) >= 11 is 1.47. The Morgan fingerprint density at radius 1 is 1.16 bits per heavy atom. The average Bonchev–Trinajstić information content (AvgIpc) is 2.85. The van der Waals surface area contributed by atoms with Crippen LogP contribution in [0.2, 0.25) is 0 Å². The summed E-state index contributed by atoms with van der Waals surface area (Å²) in [5.41, 5.74) is 7.96. The molecule has 0 spiro atoms. The fourth-order valence-electron chi connectivity index (χ4n) is 2.04. The largest absolute Gasteiger partial charge is 0.389 e. The zero-order chi connectivity index (χ0) is 13.1. The van der Waals surface area contributed by atoms with Crippen molar-refractivity contribution >= 4 is 32.4 Å². The lowest BCUT2D eigenvalue weighted by Crippen LogP contribution is -2.05. The van der Waals surface area contributed by atoms with Crippen LogP contribution in [0, 0.1) is 0 Å². The Balaban J connectivity index is 1.71. The number of nitrogen functional groups attached to an aromatic ring is 1. The van der Waals surface area contributed by atoms with Gasteiger partial charge in [-0.3, -0.25) is 4.98 Å². The predicted molar refractivity (Wildman–Crippen MR) is 80.5 cm³/mol. The normalized spacial score (nSPS) is 10.7. The van der Waals surface area contributed by atoms with Gasteiger partial charge in [0, 0.05) is 18.1 Å². The van der Waals surface area contributed by atoms with Crippen molar-refractivity contribution in [3.63, 3.8) is 0 Å². The number of hydrogen-bond donors (Lipinski definition) is 2. The van der Waals surface area contributed by atoms with Gasteiger partial charge in [-0.05, 0) is 18.1 Å². The van der Waals surface area contributed by atoms with E-state index in [4.69, 9.17) is 5.73 Å². The van der Waals surface area contributed by atoms with E-state index in [-0.39, 0.29) is 0 Å². The quantitative estimate of drug-likeness (QED) is 0.765. The molecule has 4 nitrogen and oxygen atoms in total. The highest BCUT2D eigenvalue weighted by Gasteiger charge is 2.02. The molecular formula is C14H14N4S. The van der Waals surface area contributed by atoms with E-state index in [1.807, 2.05) is 12.3 Å². The van der Waals surface area contributed by atoms with Crippen molar-refractivity contribution in [2.24, 2.45) is 0 Å². The molecule has 3 aromatic rings. The van der Waals surface area contributed by atoms with Gasteiger partial charge in [0.1, 0.15) is 5.00 Å². The number of hydrogen-bond acceptors (Lipinski definition) is 5. The molecular weight excluding hydrogens is 256 g/mol. The molecule has 5 heteroatoms. The van der Waals surface area contributed by atoms with Crippen LogP contribution in [0.5, 0.6) is 0 Å². The van der Waals surface area contributed by atoms with E-state index >= 15 is 0 Å². The lowest BCUT2D eigenvalue weighted by Gasteiger charge is -2.06. The van der Waals surface area contributed by atoms with E-state index in [1.54, 1.807) is 6.20 Å². The van der Waals surface area contributed by atoms with Crippen LogP contribution in [0.15, 0.2) is 42.7 Å². The maximum atomic E-state index is 5.64. The van der Waals surface area contributed by atoms with Crippen molar-refractivity contribution in [2.75, 3.05) is 17.6 Å². The van der Waals surface area contributed by atoms with Gasteiger partial charge in [0.2, 0.25) is 0 Å². The third-order valence-electron chi connectivity index (χ3n) is 2.91. The number of thiazole rings is 1. The number of anilines is 2. The molecule has 0 aliphatic rings. The van der Waals surface area contributed by atoms with Crippen LogP contribution >= 0.6 is 11.3 Å². The van der Waals surface area contributed by atoms with Crippen molar-refractivity contribution in [3.05, 3.63) is 48.3 Å². The summed E-state index contributed by atoms with van der Waals surface area (Å²) in [5, 5.41) is 6.05. The number of benzene rings is 1. The number of nitrogens with one attached hydrogen (secondary N) is 1. The number of fused-ring (bicyclic) bond motifs is 1. The lowest BCUT2D eigenvalue weighted by atomic mass is 10.1. The minimum absolute atomic E-state index is 0.731. The zero-order valence-electron chi connectivity index (χ0n) is 10.3. The van der Waals surface area contributed by atoms with Crippen molar-refractivity contribution in [1.82, 2.24) is 9.97 Å². The monoisotopic (exact) mass is 270 g/mol. The van der Waals surface area contributed by atoms with E-state index in [0.29, 0.717) is 0 Å². The minimum atomic E-state index is 0.731. The molecule has 0 amide bonds. The molecule has 3 rings (SSSR count). The Kier molecular flexibility index (Phi) is 3.29. The first-order valence-corrected chi connectivity index (χ1v) is 6.92. The summed E-state index contributed by atoms with van der Waals surface area (Å²) in [6.45, 7) is 0.822. The molecule has 2 aromatic heterocycles. The molecule has 1 aromatic carbocycles. The van der Waals surface area contributed by atoms with Gasteiger partial charge >= 0.3 is 0 Å². The highest BCUT2D eigenvalue weighted by molar-refractivity contribution is 7.19. The molecule has 19 heavy (non-hydrogen) atoms. The van der Waals surface area contributed by atoms with Gasteiger partial charge < -0.3 is 11.1 Å². The second-order valence-corrected chi connectivity index (χ2v) is 5.30. The maximum absolute atomic E-state index is 5.64. The number of rotatable bonds is 4. The van der Waals surface area contributed by atoms with Crippen LogP contribution in [0.25, 0.3) is 10.9 Å². The first-order valence-electron chi connectivity index (χ1n) is 6.11. The van der Waals surface area contributed by atoms with Crippen LogP contribution < -0.4 is 11.1 Å². The summed E-state index contributed by atoms with van der Waals surface area (Å²) in [4.78, 5) is 8.63. The molecule has 0 radical (unpaired) electrons. The Labute approximate surface area is 115 Å². The van der Waals surface area contributed by atoms with E-state index in [2.05, 4.69) is 39.6 Å². The van der Waals surface area contributed by atoms with Gasteiger partial charge in [0.05, 0.1) is 11.7 Å². The summed E-state index contributed by atoms with van der Waals surface area (Å²) in [6.07, 6.45) is 4.42. The van der Waals surface area contributed by atoms with Crippen LogP contribution in [-0.4, -0.2) is 16.5 Å². The highest BCUT2D eigenvalue weighted by atomic mass is 32.1. The molecule has 0 atom stereocenters. The van der Waals surface area contributed by atoms with Crippen LogP contribution in [0.1, 0.15) is 5.56 Å². The molecule has 0 bridgehead atoms. The standard InChI is InChI=1S/C14H14N4S/c15-12-9-18-14(19-12)17-8-6-11-4-1-3-10-5-2-7-16-13(10)11/h1-5,7,9H,6,8,15H2,(H,17,18). The van der Waals surface area contributed by atoms with Gasteiger partial charge in [0.25, 0.3) is 0 Å². The van der Waals surface area contributed by atoms with E-state index in [9.17, 15) is 0 Å². The first-order chi connectivity index (χ1) is 9.33. The maximum Gasteiger partial charge on any atom is 0.184 e.